The Labute approximate surface area is 119 Å². The molecule has 1 rings (SSSR count). The standard InChI is InChI=1S/C14H23BrN2O/c1-4-5-6-7-8-9-18-13-10-12(15)16-14(17-13)11(2)3/h10-11H,4-9H2,1-3H3. The number of halogens is 1. The number of hydrogen-bond acceptors (Lipinski definition) is 3. The SMILES string of the molecule is CCCCCCCOc1cc(Br)nc(C(C)C)n1. The van der Waals surface area contributed by atoms with Crippen LogP contribution in [-0.4, -0.2) is 16.6 Å². The van der Waals surface area contributed by atoms with Gasteiger partial charge in [0.2, 0.25) is 5.88 Å². The van der Waals surface area contributed by atoms with Crippen LogP contribution in [0.5, 0.6) is 5.88 Å². The molecule has 0 aliphatic heterocycles. The first-order valence-electron chi connectivity index (χ1n) is 6.80. The van der Waals surface area contributed by atoms with Crippen molar-refractivity contribution >= 4 is 15.9 Å². The molecule has 0 N–H and O–H groups in total. The van der Waals surface area contributed by atoms with Gasteiger partial charge in [-0.05, 0) is 22.4 Å². The minimum absolute atomic E-state index is 0.314. The third-order valence-electron chi connectivity index (χ3n) is 2.70. The Morgan fingerprint density at radius 2 is 1.89 bits per heavy atom. The maximum absolute atomic E-state index is 5.68. The molecule has 0 radical (unpaired) electrons. The fourth-order valence-electron chi connectivity index (χ4n) is 1.63. The zero-order chi connectivity index (χ0) is 13.4. The lowest BCUT2D eigenvalue weighted by Gasteiger charge is -2.09. The van der Waals surface area contributed by atoms with Crippen molar-refractivity contribution in [3.63, 3.8) is 0 Å². The van der Waals surface area contributed by atoms with Crippen molar-refractivity contribution in [3.05, 3.63) is 16.5 Å². The van der Waals surface area contributed by atoms with Crippen LogP contribution in [0.4, 0.5) is 0 Å². The minimum atomic E-state index is 0.314. The van der Waals surface area contributed by atoms with Crippen molar-refractivity contribution in [2.45, 2.75) is 58.8 Å². The van der Waals surface area contributed by atoms with E-state index in [9.17, 15) is 0 Å². The van der Waals surface area contributed by atoms with Gasteiger partial charge in [-0.15, -0.1) is 0 Å². The van der Waals surface area contributed by atoms with Gasteiger partial charge < -0.3 is 4.74 Å². The molecule has 0 aromatic carbocycles. The van der Waals surface area contributed by atoms with Gasteiger partial charge in [-0.2, -0.15) is 4.98 Å². The summed E-state index contributed by atoms with van der Waals surface area (Å²) in [6.45, 7) is 7.12. The van der Waals surface area contributed by atoms with Crippen molar-refractivity contribution in [2.75, 3.05) is 6.61 Å². The maximum atomic E-state index is 5.68. The second kappa shape index (κ2) is 8.46. The summed E-state index contributed by atoms with van der Waals surface area (Å²) in [7, 11) is 0. The molecule has 0 fully saturated rings. The highest BCUT2D eigenvalue weighted by Gasteiger charge is 2.07. The van der Waals surface area contributed by atoms with Crippen LogP contribution in [0.25, 0.3) is 0 Å². The first kappa shape index (κ1) is 15.4. The van der Waals surface area contributed by atoms with Gasteiger partial charge in [-0.25, -0.2) is 4.98 Å². The Hall–Kier alpha value is -0.640. The zero-order valence-corrected chi connectivity index (χ0v) is 13.2. The predicted molar refractivity (Wildman–Crippen MR) is 78.1 cm³/mol. The van der Waals surface area contributed by atoms with E-state index >= 15 is 0 Å². The molecule has 18 heavy (non-hydrogen) atoms. The van der Waals surface area contributed by atoms with Crippen LogP contribution in [0.1, 0.15) is 64.6 Å². The summed E-state index contributed by atoms with van der Waals surface area (Å²) in [5.74, 6) is 1.82. The van der Waals surface area contributed by atoms with Gasteiger partial charge in [-0.3, -0.25) is 0 Å². The highest BCUT2D eigenvalue weighted by molar-refractivity contribution is 9.10. The monoisotopic (exact) mass is 314 g/mol. The van der Waals surface area contributed by atoms with E-state index in [1.165, 1.54) is 25.7 Å². The van der Waals surface area contributed by atoms with Gasteiger partial charge in [-0.1, -0.05) is 46.5 Å². The summed E-state index contributed by atoms with van der Waals surface area (Å²) >= 11 is 3.39. The lowest BCUT2D eigenvalue weighted by Crippen LogP contribution is -2.04. The molecular formula is C14H23BrN2O. The fourth-order valence-corrected chi connectivity index (χ4v) is 2.01. The van der Waals surface area contributed by atoms with Crippen LogP contribution >= 0.6 is 15.9 Å². The molecule has 4 heteroatoms. The van der Waals surface area contributed by atoms with E-state index in [1.54, 1.807) is 0 Å². The zero-order valence-electron chi connectivity index (χ0n) is 11.6. The van der Waals surface area contributed by atoms with Crippen LogP contribution in [0.2, 0.25) is 0 Å². The average molecular weight is 315 g/mol. The van der Waals surface area contributed by atoms with E-state index in [4.69, 9.17) is 4.74 Å². The summed E-state index contributed by atoms with van der Waals surface area (Å²) in [4.78, 5) is 8.73. The van der Waals surface area contributed by atoms with Crippen LogP contribution in [-0.2, 0) is 0 Å². The number of nitrogens with zero attached hydrogens (tertiary/aromatic N) is 2. The number of hydrogen-bond donors (Lipinski definition) is 0. The summed E-state index contributed by atoms with van der Waals surface area (Å²) in [6, 6.07) is 1.83. The van der Waals surface area contributed by atoms with Crippen molar-refractivity contribution in [2.24, 2.45) is 0 Å². The molecule has 1 aromatic heterocycles. The fraction of sp³-hybridized carbons (Fsp3) is 0.714. The molecule has 0 unspecified atom stereocenters. The molecule has 1 heterocycles. The number of ether oxygens (including phenoxy) is 1. The van der Waals surface area contributed by atoms with Crippen LogP contribution in [0.15, 0.2) is 10.7 Å². The van der Waals surface area contributed by atoms with E-state index < -0.39 is 0 Å². The molecule has 0 saturated carbocycles. The van der Waals surface area contributed by atoms with E-state index in [-0.39, 0.29) is 0 Å². The molecule has 0 atom stereocenters. The Morgan fingerprint density at radius 3 is 2.56 bits per heavy atom. The van der Waals surface area contributed by atoms with Crippen LogP contribution < -0.4 is 4.74 Å². The molecule has 0 aliphatic rings. The summed E-state index contributed by atoms with van der Waals surface area (Å²) in [5.41, 5.74) is 0. The number of rotatable bonds is 8. The van der Waals surface area contributed by atoms with Crippen molar-refractivity contribution in [1.29, 1.82) is 0 Å². The van der Waals surface area contributed by atoms with Gasteiger partial charge in [0.15, 0.2) is 0 Å². The van der Waals surface area contributed by atoms with Crippen molar-refractivity contribution in [3.8, 4) is 5.88 Å². The van der Waals surface area contributed by atoms with Crippen LogP contribution in [0, 0.1) is 0 Å². The van der Waals surface area contributed by atoms with E-state index in [0.717, 1.165) is 23.5 Å². The Morgan fingerprint density at radius 1 is 1.17 bits per heavy atom. The molecule has 0 spiro atoms. The molecule has 0 bridgehead atoms. The third-order valence-corrected chi connectivity index (χ3v) is 3.11. The topological polar surface area (TPSA) is 35.0 Å². The second-order valence-corrected chi connectivity index (χ2v) is 5.62. The summed E-state index contributed by atoms with van der Waals surface area (Å²) < 4.78 is 6.47. The Balaban J connectivity index is 2.37. The van der Waals surface area contributed by atoms with E-state index in [1.807, 2.05) is 6.07 Å². The molecule has 0 saturated heterocycles. The van der Waals surface area contributed by atoms with Gasteiger partial charge in [0, 0.05) is 12.0 Å². The molecule has 3 nitrogen and oxygen atoms in total. The molecule has 0 amide bonds. The van der Waals surface area contributed by atoms with Gasteiger partial charge in [0.05, 0.1) is 6.61 Å². The van der Waals surface area contributed by atoms with Crippen LogP contribution in [0.3, 0.4) is 0 Å². The lowest BCUT2D eigenvalue weighted by atomic mass is 10.2. The lowest BCUT2D eigenvalue weighted by molar-refractivity contribution is 0.291. The summed E-state index contributed by atoms with van der Waals surface area (Å²) in [6.07, 6.45) is 6.22. The first-order chi connectivity index (χ1) is 8.63. The Bertz CT molecular complexity index is 356. The molecule has 1 aromatic rings. The average Bonchev–Trinajstić information content (AvgIpc) is 2.33. The molecular weight excluding hydrogens is 292 g/mol. The highest BCUT2D eigenvalue weighted by Crippen LogP contribution is 2.19. The van der Waals surface area contributed by atoms with E-state index in [0.29, 0.717) is 11.8 Å². The Kier molecular flexibility index (Phi) is 7.25. The van der Waals surface area contributed by atoms with Crippen molar-refractivity contribution in [1.82, 2.24) is 9.97 Å². The van der Waals surface area contributed by atoms with E-state index in [2.05, 4.69) is 46.7 Å². The number of aromatic nitrogens is 2. The largest absolute Gasteiger partial charge is 0.478 e. The maximum Gasteiger partial charge on any atom is 0.217 e. The molecule has 0 aliphatic carbocycles. The minimum Gasteiger partial charge on any atom is -0.478 e. The predicted octanol–water partition coefficient (Wildman–Crippen LogP) is 4.71. The summed E-state index contributed by atoms with van der Waals surface area (Å²) in [5, 5.41) is 0. The second-order valence-electron chi connectivity index (χ2n) is 4.80. The van der Waals surface area contributed by atoms with Gasteiger partial charge in [0.1, 0.15) is 10.4 Å². The van der Waals surface area contributed by atoms with Gasteiger partial charge >= 0.3 is 0 Å². The molecule has 102 valence electrons. The highest BCUT2D eigenvalue weighted by atomic mass is 79.9. The third kappa shape index (κ3) is 5.80. The van der Waals surface area contributed by atoms with Gasteiger partial charge in [0.25, 0.3) is 0 Å². The first-order valence-corrected chi connectivity index (χ1v) is 7.60. The normalized spacial score (nSPS) is 10.9. The smallest absolute Gasteiger partial charge is 0.217 e. The quantitative estimate of drug-likeness (QED) is 0.514. The number of unbranched alkanes of at least 4 members (excludes halogenated alkanes) is 4. The van der Waals surface area contributed by atoms with Crippen molar-refractivity contribution < 1.29 is 4.74 Å².